The molecule has 0 aliphatic carbocycles. The zero-order valence-corrected chi connectivity index (χ0v) is 21.9. The highest BCUT2D eigenvalue weighted by atomic mass is 19.4. The number of hydrogen-bond donors (Lipinski definition) is 2. The van der Waals surface area contributed by atoms with Gasteiger partial charge in [-0.25, -0.2) is 9.59 Å². The Balaban J connectivity index is 0.000000333. The average molecular weight is 586 g/mol. The Morgan fingerprint density at radius 2 is 1.60 bits per heavy atom. The van der Waals surface area contributed by atoms with Gasteiger partial charge in [0.05, 0.1) is 17.7 Å². The number of rotatable bonds is 4. The van der Waals surface area contributed by atoms with Crippen molar-refractivity contribution in [3.8, 4) is 0 Å². The van der Waals surface area contributed by atoms with Crippen molar-refractivity contribution in [1.29, 1.82) is 0 Å². The molecule has 9 nitrogen and oxygen atoms in total. The first kappa shape index (κ1) is 33.3. The molecule has 1 aromatic rings. The Kier molecular flexibility index (Phi) is 11.7. The van der Waals surface area contributed by atoms with Gasteiger partial charge in [-0.05, 0) is 63.6 Å². The molecule has 3 fully saturated rings. The zero-order chi connectivity index (χ0) is 30.1. The van der Waals surface area contributed by atoms with Crippen LogP contribution in [0.3, 0.4) is 0 Å². The smallest absolute Gasteiger partial charge is 0.475 e. The number of aromatic nitrogens is 1. The summed E-state index contributed by atoms with van der Waals surface area (Å²) in [5.41, 5.74) is 1.88. The zero-order valence-electron chi connectivity index (χ0n) is 21.9. The molecule has 15 heteroatoms. The van der Waals surface area contributed by atoms with E-state index in [1.807, 2.05) is 30.0 Å². The van der Waals surface area contributed by atoms with Crippen LogP contribution in [0.15, 0.2) is 18.2 Å². The summed E-state index contributed by atoms with van der Waals surface area (Å²) in [6.07, 6.45) is -4.63. The van der Waals surface area contributed by atoms with Gasteiger partial charge >= 0.3 is 24.3 Å². The topological polar surface area (TPSA) is 120 Å². The molecule has 0 bridgehead atoms. The van der Waals surface area contributed by atoms with Crippen molar-refractivity contribution < 1.29 is 55.7 Å². The van der Waals surface area contributed by atoms with Crippen LogP contribution in [0.4, 0.5) is 26.3 Å². The maximum absolute atomic E-state index is 13.3. The molecule has 40 heavy (non-hydrogen) atoms. The van der Waals surface area contributed by atoms with Crippen LogP contribution in [0, 0.1) is 18.3 Å². The molecule has 4 rings (SSSR count). The average Bonchev–Trinajstić information content (AvgIpc) is 3.14. The first-order chi connectivity index (χ1) is 18.5. The Morgan fingerprint density at radius 3 is 2.12 bits per heavy atom. The highest BCUT2D eigenvalue weighted by Gasteiger charge is 2.49. The lowest BCUT2D eigenvalue weighted by Crippen LogP contribution is -2.49. The number of alkyl halides is 6. The molecule has 226 valence electrons. The minimum Gasteiger partial charge on any atom is -0.475 e. The largest absolute Gasteiger partial charge is 0.490 e. The highest BCUT2D eigenvalue weighted by Crippen LogP contribution is 2.41. The van der Waals surface area contributed by atoms with Crippen molar-refractivity contribution in [3.05, 3.63) is 29.6 Å². The number of carboxylic acid groups (broad SMARTS) is 2. The number of ether oxygens (including phenoxy) is 1. The van der Waals surface area contributed by atoms with Crippen LogP contribution in [-0.4, -0.2) is 94.6 Å². The van der Waals surface area contributed by atoms with Crippen LogP contribution in [0.5, 0.6) is 0 Å². The van der Waals surface area contributed by atoms with Crippen molar-refractivity contribution in [2.75, 3.05) is 39.4 Å². The number of piperidine rings is 1. The first-order valence-corrected chi connectivity index (χ1v) is 12.7. The van der Waals surface area contributed by atoms with E-state index in [9.17, 15) is 31.1 Å². The molecule has 1 unspecified atom stereocenters. The van der Waals surface area contributed by atoms with E-state index in [-0.39, 0.29) is 5.41 Å². The van der Waals surface area contributed by atoms with Gasteiger partial charge in [-0.15, -0.1) is 0 Å². The third kappa shape index (κ3) is 10.2. The maximum atomic E-state index is 13.3. The van der Waals surface area contributed by atoms with E-state index in [2.05, 4.69) is 9.88 Å². The van der Waals surface area contributed by atoms with Gasteiger partial charge in [0, 0.05) is 38.5 Å². The Morgan fingerprint density at radius 1 is 1.02 bits per heavy atom. The molecular formula is C25H33F6N3O6. The number of amides is 1. The Hall–Kier alpha value is -2.94. The molecule has 0 aromatic carbocycles. The number of halogens is 6. The predicted molar refractivity (Wildman–Crippen MR) is 128 cm³/mol. The van der Waals surface area contributed by atoms with E-state index < -0.39 is 24.3 Å². The normalized spacial score (nSPS) is 22.3. The number of nitrogens with zero attached hydrogens (tertiary/aromatic N) is 3. The van der Waals surface area contributed by atoms with E-state index in [1.54, 1.807) is 0 Å². The lowest BCUT2D eigenvalue weighted by molar-refractivity contribution is -0.193. The van der Waals surface area contributed by atoms with Crippen molar-refractivity contribution in [1.82, 2.24) is 14.8 Å². The second-order valence-corrected chi connectivity index (χ2v) is 10.0. The van der Waals surface area contributed by atoms with Gasteiger partial charge < -0.3 is 24.7 Å². The second-order valence-electron chi connectivity index (χ2n) is 10.0. The fourth-order valence-electron chi connectivity index (χ4n) is 4.98. The summed E-state index contributed by atoms with van der Waals surface area (Å²) in [5, 5.41) is 14.2. The highest BCUT2D eigenvalue weighted by molar-refractivity contribution is 5.85. The van der Waals surface area contributed by atoms with E-state index in [0.29, 0.717) is 12.5 Å². The summed E-state index contributed by atoms with van der Waals surface area (Å²) in [4.78, 5) is 40.2. The number of likely N-dealkylation sites (tertiary alicyclic amines) is 2. The summed E-state index contributed by atoms with van der Waals surface area (Å²) in [5.74, 6) is -4.42. The van der Waals surface area contributed by atoms with Gasteiger partial charge in [0.1, 0.15) is 0 Å². The fourth-order valence-corrected chi connectivity index (χ4v) is 4.98. The van der Waals surface area contributed by atoms with Gasteiger partial charge in [-0.2, -0.15) is 26.3 Å². The summed E-state index contributed by atoms with van der Waals surface area (Å²) >= 11 is 0. The van der Waals surface area contributed by atoms with Crippen LogP contribution in [0.25, 0.3) is 0 Å². The summed E-state index contributed by atoms with van der Waals surface area (Å²) in [7, 11) is 0. The second kappa shape index (κ2) is 14.1. The molecule has 1 aromatic heterocycles. The lowest BCUT2D eigenvalue weighted by Gasteiger charge is -2.41. The fraction of sp³-hybridized carbons (Fsp3) is 0.680. The SMILES string of the molecule is Cc1cccc(CN2CCC3(CCCN(CC4CCOCC4)C3)C2=O)n1.O=C(O)C(F)(F)F.O=C(O)C(F)(F)F. The summed E-state index contributed by atoms with van der Waals surface area (Å²) in [6.45, 7) is 8.57. The van der Waals surface area contributed by atoms with Gasteiger partial charge in [0.25, 0.3) is 0 Å². The molecule has 3 aliphatic rings. The number of carboxylic acids is 2. The van der Waals surface area contributed by atoms with E-state index in [1.165, 1.54) is 12.8 Å². The summed E-state index contributed by atoms with van der Waals surface area (Å²) in [6, 6.07) is 6.07. The number of carbonyl (C=O) groups excluding carboxylic acids is 1. The Labute approximate surface area is 227 Å². The standard InChI is InChI=1S/C21H31N3O2.2C2HF3O2/c1-17-4-2-5-19(22-17)15-24-11-9-21(20(24)25)8-3-10-23(16-21)14-18-6-12-26-13-7-18;2*3-2(4,5)1(6)7/h2,4-5,18H,3,6-16H2,1H3;2*(H,6,7). The van der Waals surface area contributed by atoms with E-state index in [0.717, 1.165) is 76.0 Å². The number of hydrogen-bond acceptors (Lipinski definition) is 6. The first-order valence-electron chi connectivity index (χ1n) is 12.7. The van der Waals surface area contributed by atoms with Crippen molar-refractivity contribution in [2.45, 2.75) is 57.9 Å². The Bertz CT molecular complexity index is 991. The summed E-state index contributed by atoms with van der Waals surface area (Å²) < 4.78 is 69.0. The minimum atomic E-state index is -5.08. The van der Waals surface area contributed by atoms with E-state index >= 15 is 0 Å². The van der Waals surface area contributed by atoms with Crippen molar-refractivity contribution >= 4 is 17.8 Å². The molecule has 1 amide bonds. The van der Waals surface area contributed by atoms with Gasteiger partial charge in [-0.1, -0.05) is 6.07 Å². The number of aryl methyl sites for hydroxylation is 1. The van der Waals surface area contributed by atoms with Crippen LogP contribution in [0.2, 0.25) is 0 Å². The van der Waals surface area contributed by atoms with Gasteiger partial charge in [0.15, 0.2) is 0 Å². The van der Waals surface area contributed by atoms with Crippen molar-refractivity contribution in [3.63, 3.8) is 0 Å². The minimum absolute atomic E-state index is 0.146. The van der Waals surface area contributed by atoms with Crippen molar-refractivity contribution in [2.24, 2.45) is 11.3 Å². The third-order valence-electron chi connectivity index (χ3n) is 6.90. The maximum Gasteiger partial charge on any atom is 0.490 e. The molecule has 2 N–H and O–H groups in total. The molecule has 1 spiro atoms. The predicted octanol–water partition coefficient (Wildman–Crippen LogP) is 3.90. The molecule has 0 saturated carbocycles. The van der Waals surface area contributed by atoms with Crippen LogP contribution < -0.4 is 0 Å². The molecular weight excluding hydrogens is 552 g/mol. The molecule has 3 saturated heterocycles. The van der Waals surface area contributed by atoms with E-state index in [4.69, 9.17) is 24.5 Å². The molecule has 4 heterocycles. The van der Waals surface area contributed by atoms with Crippen LogP contribution in [-0.2, 0) is 25.7 Å². The third-order valence-corrected chi connectivity index (χ3v) is 6.90. The van der Waals surface area contributed by atoms with Crippen LogP contribution in [0.1, 0.15) is 43.5 Å². The van der Waals surface area contributed by atoms with Gasteiger partial charge in [-0.3, -0.25) is 9.78 Å². The number of aliphatic carboxylic acids is 2. The lowest BCUT2D eigenvalue weighted by atomic mass is 9.78. The monoisotopic (exact) mass is 585 g/mol. The van der Waals surface area contributed by atoms with Gasteiger partial charge in [0.2, 0.25) is 5.91 Å². The molecule has 0 radical (unpaired) electrons. The quantitative estimate of drug-likeness (QED) is 0.511. The number of carbonyl (C=O) groups is 3. The molecule has 1 atom stereocenters. The number of pyridine rings is 1. The van der Waals surface area contributed by atoms with Crippen LogP contribution >= 0.6 is 0 Å². The molecule has 3 aliphatic heterocycles.